The van der Waals surface area contributed by atoms with Crippen LogP contribution in [0.25, 0.3) is 11.0 Å². The zero-order chi connectivity index (χ0) is 13.2. The Hall–Kier alpha value is -1.84. The van der Waals surface area contributed by atoms with Gasteiger partial charge in [0.2, 0.25) is 0 Å². The molecule has 1 aliphatic rings. The van der Waals surface area contributed by atoms with E-state index in [1.54, 1.807) is 0 Å². The van der Waals surface area contributed by atoms with Gasteiger partial charge < -0.3 is 9.88 Å². The third-order valence-corrected chi connectivity index (χ3v) is 3.71. The quantitative estimate of drug-likeness (QED) is 0.898. The second-order valence-corrected chi connectivity index (χ2v) is 5.05. The molecule has 0 bridgehead atoms. The van der Waals surface area contributed by atoms with E-state index in [0.717, 1.165) is 24.0 Å². The summed E-state index contributed by atoms with van der Waals surface area (Å²) in [5.41, 5.74) is 2.80. The molecule has 3 rings (SSSR count). The van der Waals surface area contributed by atoms with Gasteiger partial charge in [-0.2, -0.15) is 0 Å². The zero-order valence-electron chi connectivity index (χ0n) is 11.3. The van der Waals surface area contributed by atoms with Gasteiger partial charge in [0.25, 0.3) is 5.91 Å². The molecule has 1 amide bonds. The lowest BCUT2D eigenvalue weighted by Crippen LogP contribution is -2.22. The second kappa shape index (κ2) is 5.03. The van der Waals surface area contributed by atoms with Crippen LogP contribution in [0.3, 0.4) is 0 Å². The first-order chi connectivity index (χ1) is 9.29. The van der Waals surface area contributed by atoms with Gasteiger partial charge in [-0.15, -0.1) is 0 Å². The lowest BCUT2D eigenvalue weighted by Gasteiger charge is -2.05. The summed E-state index contributed by atoms with van der Waals surface area (Å²) in [6, 6.07) is 5.83. The number of rotatable bonds is 2. The molecule has 1 aromatic carbocycles. The minimum atomic E-state index is -0.0207. The molecular weight excluding hydrogens is 238 g/mol. The molecule has 4 nitrogen and oxygen atoms in total. The first-order valence-corrected chi connectivity index (χ1v) is 7.07. The van der Waals surface area contributed by atoms with E-state index in [2.05, 4.69) is 9.88 Å². The fourth-order valence-electron chi connectivity index (χ4n) is 2.75. The van der Waals surface area contributed by atoms with Crippen molar-refractivity contribution in [3.8, 4) is 0 Å². The van der Waals surface area contributed by atoms with E-state index in [0.29, 0.717) is 12.1 Å². The molecular formula is C15H19N3O. The predicted octanol–water partition coefficient (Wildman–Crippen LogP) is 2.51. The van der Waals surface area contributed by atoms with Gasteiger partial charge in [-0.05, 0) is 38.0 Å². The molecule has 0 aliphatic carbocycles. The molecule has 0 radical (unpaired) electrons. The van der Waals surface area contributed by atoms with Crippen molar-refractivity contribution in [2.75, 3.05) is 6.54 Å². The van der Waals surface area contributed by atoms with Crippen LogP contribution >= 0.6 is 0 Å². The van der Waals surface area contributed by atoms with Crippen LogP contribution < -0.4 is 5.32 Å². The number of hydrogen-bond donors (Lipinski definition) is 1. The summed E-state index contributed by atoms with van der Waals surface area (Å²) in [5.74, 6) is 1.15. The topological polar surface area (TPSA) is 46.9 Å². The molecule has 19 heavy (non-hydrogen) atoms. The van der Waals surface area contributed by atoms with Gasteiger partial charge in [-0.1, -0.05) is 6.42 Å². The SMILES string of the molecule is CCNC(=O)c1ccc2c(c1)nc1n2CCCCC1. The molecule has 1 aliphatic heterocycles. The molecule has 2 heterocycles. The summed E-state index contributed by atoms with van der Waals surface area (Å²) in [7, 11) is 0. The van der Waals surface area contributed by atoms with E-state index in [1.165, 1.54) is 25.1 Å². The number of fused-ring (bicyclic) bond motifs is 3. The molecule has 1 aromatic heterocycles. The highest BCUT2D eigenvalue weighted by Gasteiger charge is 2.14. The maximum Gasteiger partial charge on any atom is 0.251 e. The number of aryl methyl sites for hydroxylation is 2. The molecule has 0 unspecified atom stereocenters. The Balaban J connectivity index is 2.03. The molecule has 2 aromatic rings. The predicted molar refractivity (Wildman–Crippen MR) is 75.3 cm³/mol. The number of amides is 1. The van der Waals surface area contributed by atoms with Crippen molar-refractivity contribution in [3.63, 3.8) is 0 Å². The Morgan fingerprint density at radius 2 is 2.26 bits per heavy atom. The molecule has 0 atom stereocenters. The van der Waals surface area contributed by atoms with Gasteiger partial charge >= 0.3 is 0 Å². The van der Waals surface area contributed by atoms with Gasteiger partial charge in [0.15, 0.2) is 0 Å². The lowest BCUT2D eigenvalue weighted by molar-refractivity contribution is 0.0956. The lowest BCUT2D eigenvalue weighted by atomic mass is 10.2. The summed E-state index contributed by atoms with van der Waals surface area (Å²) in [4.78, 5) is 16.5. The minimum absolute atomic E-state index is 0.0207. The smallest absolute Gasteiger partial charge is 0.251 e. The van der Waals surface area contributed by atoms with Gasteiger partial charge in [-0.25, -0.2) is 4.98 Å². The van der Waals surface area contributed by atoms with Crippen LogP contribution in [0, 0.1) is 0 Å². The molecule has 0 saturated carbocycles. The van der Waals surface area contributed by atoms with Crippen LogP contribution in [0.2, 0.25) is 0 Å². The molecule has 1 N–H and O–H groups in total. The number of nitrogens with one attached hydrogen (secondary N) is 1. The number of hydrogen-bond acceptors (Lipinski definition) is 2. The highest BCUT2D eigenvalue weighted by Crippen LogP contribution is 2.22. The fourth-order valence-corrected chi connectivity index (χ4v) is 2.75. The number of carbonyl (C=O) groups excluding carboxylic acids is 1. The van der Waals surface area contributed by atoms with Crippen molar-refractivity contribution in [2.45, 2.75) is 39.2 Å². The van der Waals surface area contributed by atoms with Crippen molar-refractivity contribution in [2.24, 2.45) is 0 Å². The average Bonchev–Trinajstić information content (AvgIpc) is 2.60. The first kappa shape index (κ1) is 12.2. The Kier molecular flexibility index (Phi) is 3.23. The van der Waals surface area contributed by atoms with Crippen LogP contribution in [-0.4, -0.2) is 22.0 Å². The van der Waals surface area contributed by atoms with E-state index in [-0.39, 0.29) is 5.91 Å². The molecule has 4 heteroatoms. The molecule has 0 spiro atoms. The van der Waals surface area contributed by atoms with Gasteiger partial charge in [0.05, 0.1) is 11.0 Å². The normalized spacial score (nSPS) is 15.0. The Morgan fingerprint density at radius 3 is 3.11 bits per heavy atom. The standard InChI is InChI=1S/C15H19N3O/c1-2-16-15(19)11-7-8-13-12(10-11)17-14-6-4-3-5-9-18(13)14/h7-8,10H,2-6,9H2,1H3,(H,16,19). The number of carbonyl (C=O) groups is 1. The number of imidazole rings is 1. The Labute approximate surface area is 112 Å². The van der Waals surface area contributed by atoms with E-state index in [1.807, 2.05) is 25.1 Å². The van der Waals surface area contributed by atoms with Crippen molar-refractivity contribution >= 4 is 16.9 Å². The molecule has 100 valence electrons. The summed E-state index contributed by atoms with van der Waals surface area (Å²) >= 11 is 0. The van der Waals surface area contributed by atoms with Gasteiger partial charge in [0, 0.05) is 25.1 Å². The average molecular weight is 257 g/mol. The molecule has 0 fully saturated rings. The largest absolute Gasteiger partial charge is 0.352 e. The molecule has 0 saturated heterocycles. The van der Waals surface area contributed by atoms with E-state index >= 15 is 0 Å². The summed E-state index contributed by atoms with van der Waals surface area (Å²) in [6.45, 7) is 3.62. The van der Waals surface area contributed by atoms with Crippen LogP contribution in [0.15, 0.2) is 18.2 Å². The maximum absolute atomic E-state index is 11.8. The maximum atomic E-state index is 11.8. The minimum Gasteiger partial charge on any atom is -0.352 e. The highest BCUT2D eigenvalue weighted by molar-refractivity contribution is 5.97. The van der Waals surface area contributed by atoms with Crippen molar-refractivity contribution in [1.29, 1.82) is 0 Å². The van der Waals surface area contributed by atoms with Crippen LogP contribution in [-0.2, 0) is 13.0 Å². The third-order valence-electron chi connectivity index (χ3n) is 3.71. The van der Waals surface area contributed by atoms with E-state index < -0.39 is 0 Å². The number of benzene rings is 1. The summed E-state index contributed by atoms with van der Waals surface area (Å²) in [6.07, 6.45) is 4.76. The van der Waals surface area contributed by atoms with Crippen LogP contribution in [0.5, 0.6) is 0 Å². The Bertz CT molecular complexity index is 615. The van der Waals surface area contributed by atoms with Crippen LogP contribution in [0.1, 0.15) is 42.4 Å². The zero-order valence-corrected chi connectivity index (χ0v) is 11.3. The Morgan fingerprint density at radius 1 is 1.37 bits per heavy atom. The fraction of sp³-hybridized carbons (Fsp3) is 0.467. The summed E-state index contributed by atoms with van der Waals surface area (Å²) < 4.78 is 2.31. The van der Waals surface area contributed by atoms with Crippen LogP contribution in [0.4, 0.5) is 0 Å². The highest BCUT2D eigenvalue weighted by atomic mass is 16.1. The van der Waals surface area contributed by atoms with Crippen molar-refractivity contribution in [3.05, 3.63) is 29.6 Å². The third kappa shape index (κ3) is 2.23. The number of aromatic nitrogens is 2. The van der Waals surface area contributed by atoms with Crippen molar-refractivity contribution in [1.82, 2.24) is 14.9 Å². The summed E-state index contributed by atoms with van der Waals surface area (Å²) in [5, 5.41) is 2.82. The van der Waals surface area contributed by atoms with E-state index in [9.17, 15) is 4.79 Å². The monoisotopic (exact) mass is 257 g/mol. The number of nitrogens with zero attached hydrogens (tertiary/aromatic N) is 2. The van der Waals surface area contributed by atoms with E-state index in [4.69, 9.17) is 4.98 Å². The van der Waals surface area contributed by atoms with Gasteiger partial charge in [0.1, 0.15) is 5.82 Å². The first-order valence-electron chi connectivity index (χ1n) is 7.07. The second-order valence-electron chi connectivity index (χ2n) is 5.05. The van der Waals surface area contributed by atoms with Crippen molar-refractivity contribution < 1.29 is 4.79 Å². The van der Waals surface area contributed by atoms with Gasteiger partial charge in [-0.3, -0.25) is 4.79 Å².